The van der Waals surface area contributed by atoms with Gasteiger partial charge in [0.05, 0.1) is 5.92 Å². The molecule has 0 fully saturated rings. The van der Waals surface area contributed by atoms with Gasteiger partial charge in [-0.2, -0.15) is 5.26 Å². The number of hydrogen-bond donors (Lipinski definition) is 1. The third-order valence-corrected chi connectivity index (χ3v) is 7.02. The van der Waals surface area contributed by atoms with E-state index in [4.69, 9.17) is 36.0 Å². The van der Waals surface area contributed by atoms with Crippen molar-refractivity contribution in [1.82, 2.24) is 0 Å². The predicted molar refractivity (Wildman–Crippen MR) is 155 cm³/mol. The number of carbonyl (C=O) groups excluding carboxylic acids is 1. The molecule has 0 amide bonds. The van der Waals surface area contributed by atoms with E-state index in [0.29, 0.717) is 39.7 Å². The fourth-order valence-corrected chi connectivity index (χ4v) is 4.87. The van der Waals surface area contributed by atoms with Gasteiger partial charge in [-0.1, -0.05) is 60.1 Å². The van der Waals surface area contributed by atoms with Gasteiger partial charge in [0.1, 0.15) is 46.6 Å². The summed E-state index contributed by atoms with van der Waals surface area (Å²) < 4.78 is 22.5. The van der Waals surface area contributed by atoms with Crippen LogP contribution in [0.25, 0.3) is 11.0 Å². The van der Waals surface area contributed by atoms with E-state index >= 15 is 0 Å². The Bertz CT molecular complexity index is 1970. The lowest BCUT2D eigenvalue weighted by Crippen LogP contribution is -2.22. The fraction of sp³-hybridized carbons (Fsp3) is 0.0606. The Morgan fingerprint density at radius 3 is 2.57 bits per heavy atom. The van der Waals surface area contributed by atoms with Crippen LogP contribution >= 0.6 is 11.6 Å². The highest BCUT2D eigenvalue weighted by atomic mass is 35.5. The summed E-state index contributed by atoms with van der Waals surface area (Å²) in [5, 5.41) is 11.2. The molecule has 1 aliphatic rings. The SMILES string of the molecule is N#CC1=C(N)Oc2cc(OC(=O)c3cc4ccccc4oc3=O)ccc2C1c1cccc(OCc2ccc(Cl)cc2)c1. The molecular weight excluding hydrogens is 556 g/mol. The normalized spacial score (nSPS) is 14.0. The van der Waals surface area contributed by atoms with E-state index in [1.54, 1.807) is 48.5 Å². The number of nitrogens with two attached hydrogens (primary N) is 1. The third-order valence-electron chi connectivity index (χ3n) is 6.77. The van der Waals surface area contributed by atoms with E-state index in [1.807, 2.05) is 36.4 Å². The molecule has 0 spiro atoms. The van der Waals surface area contributed by atoms with Crippen LogP contribution in [0.1, 0.15) is 33.0 Å². The van der Waals surface area contributed by atoms with Gasteiger partial charge in [-0.05, 0) is 53.6 Å². The standard InChI is InChI=1S/C33H21ClN2O6/c34-22-10-8-19(9-11-22)18-39-23-6-3-5-21(14-23)30-25-13-12-24(16-29(25)41-31(36)27(30)17-35)40-32(37)26-15-20-4-1-2-7-28(20)42-33(26)38/h1-16,30H,18,36H2. The number of carbonyl (C=O) groups is 1. The van der Waals surface area contributed by atoms with Crippen LogP contribution in [-0.4, -0.2) is 5.97 Å². The van der Waals surface area contributed by atoms with Crippen LogP contribution in [0.2, 0.25) is 5.02 Å². The summed E-state index contributed by atoms with van der Waals surface area (Å²) in [4.78, 5) is 25.3. The van der Waals surface area contributed by atoms with Gasteiger partial charge < -0.3 is 24.4 Å². The molecule has 6 rings (SSSR count). The van der Waals surface area contributed by atoms with Crippen molar-refractivity contribution in [3.63, 3.8) is 0 Å². The summed E-state index contributed by atoms with van der Waals surface area (Å²) in [5.74, 6) is -0.478. The van der Waals surface area contributed by atoms with E-state index in [-0.39, 0.29) is 22.8 Å². The monoisotopic (exact) mass is 576 g/mol. The summed E-state index contributed by atoms with van der Waals surface area (Å²) in [7, 11) is 0. The van der Waals surface area contributed by atoms with Gasteiger partial charge in [0.2, 0.25) is 5.88 Å². The number of esters is 1. The maximum Gasteiger partial charge on any atom is 0.351 e. The Hall–Kier alpha value is -5.52. The summed E-state index contributed by atoms with van der Waals surface area (Å²) in [6.45, 7) is 0.332. The first-order valence-electron chi connectivity index (χ1n) is 12.8. The molecule has 5 aromatic rings. The first-order valence-corrected chi connectivity index (χ1v) is 13.2. The summed E-state index contributed by atoms with van der Waals surface area (Å²) in [6.07, 6.45) is 0. The Balaban J connectivity index is 1.28. The minimum atomic E-state index is -0.881. The Kier molecular flexibility index (Phi) is 7.09. The van der Waals surface area contributed by atoms with Gasteiger partial charge in [0, 0.05) is 22.0 Å². The molecule has 0 saturated carbocycles. The molecule has 1 unspecified atom stereocenters. The summed E-state index contributed by atoms with van der Waals surface area (Å²) >= 11 is 5.97. The lowest BCUT2D eigenvalue weighted by atomic mass is 9.83. The molecular formula is C33H21ClN2O6. The van der Waals surface area contributed by atoms with Crippen molar-refractivity contribution < 1.29 is 23.4 Å². The van der Waals surface area contributed by atoms with Gasteiger partial charge in [-0.3, -0.25) is 0 Å². The Morgan fingerprint density at radius 1 is 0.952 bits per heavy atom. The zero-order valence-corrected chi connectivity index (χ0v) is 22.6. The van der Waals surface area contributed by atoms with Gasteiger partial charge in [-0.25, -0.2) is 9.59 Å². The molecule has 206 valence electrons. The lowest BCUT2D eigenvalue weighted by molar-refractivity contribution is 0.0730. The molecule has 0 bridgehead atoms. The van der Waals surface area contributed by atoms with E-state index in [9.17, 15) is 14.9 Å². The van der Waals surface area contributed by atoms with Gasteiger partial charge in [-0.15, -0.1) is 0 Å². The minimum absolute atomic E-state index is 0.0684. The minimum Gasteiger partial charge on any atom is -0.489 e. The molecule has 4 aromatic carbocycles. The van der Waals surface area contributed by atoms with Gasteiger partial charge >= 0.3 is 11.6 Å². The molecule has 1 atom stereocenters. The first-order chi connectivity index (χ1) is 20.4. The van der Waals surface area contributed by atoms with Crippen LogP contribution in [0.15, 0.2) is 118 Å². The number of nitrogens with zero attached hydrogens (tertiary/aromatic N) is 1. The lowest BCUT2D eigenvalue weighted by Gasteiger charge is -2.27. The van der Waals surface area contributed by atoms with E-state index in [0.717, 1.165) is 11.1 Å². The van der Waals surface area contributed by atoms with Gasteiger partial charge in [0.25, 0.3) is 0 Å². The van der Waals surface area contributed by atoms with Crippen LogP contribution in [0.3, 0.4) is 0 Å². The zero-order valence-electron chi connectivity index (χ0n) is 21.9. The largest absolute Gasteiger partial charge is 0.489 e. The number of rotatable bonds is 6. The van der Waals surface area contributed by atoms with Crippen molar-refractivity contribution in [2.45, 2.75) is 12.5 Å². The number of benzene rings is 4. The highest BCUT2D eigenvalue weighted by Crippen LogP contribution is 2.44. The van der Waals surface area contributed by atoms with Crippen LogP contribution in [-0.2, 0) is 6.61 Å². The van der Waals surface area contributed by atoms with Crippen molar-refractivity contribution in [3.8, 4) is 23.3 Å². The molecule has 0 saturated heterocycles. The molecule has 2 heterocycles. The maximum atomic E-state index is 12.9. The van der Waals surface area contributed by atoms with Crippen molar-refractivity contribution >= 4 is 28.5 Å². The third kappa shape index (κ3) is 5.29. The first kappa shape index (κ1) is 26.7. The van der Waals surface area contributed by atoms with Crippen LogP contribution in [0, 0.1) is 11.3 Å². The average Bonchev–Trinajstić information content (AvgIpc) is 2.99. The smallest absolute Gasteiger partial charge is 0.351 e. The second-order valence-corrected chi connectivity index (χ2v) is 9.92. The van der Waals surface area contributed by atoms with Crippen molar-refractivity contribution in [2.24, 2.45) is 5.73 Å². The van der Waals surface area contributed by atoms with E-state index in [1.165, 1.54) is 12.1 Å². The van der Waals surface area contributed by atoms with Gasteiger partial charge in [0.15, 0.2) is 0 Å². The molecule has 0 aliphatic carbocycles. The summed E-state index contributed by atoms with van der Waals surface area (Å²) in [5.41, 5.74) is 8.05. The van der Waals surface area contributed by atoms with E-state index < -0.39 is 17.5 Å². The molecule has 42 heavy (non-hydrogen) atoms. The van der Waals surface area contributed by atoms with Crippen molar-refractivity contribution in [3.05, 3.63) is 146 Å². The Labute approximate surface area is 244 Å². The molecule has 0 radical (unpaired) electrons. The number of allylic oxidation sites excluding steroid dienone is 1. The quantitative estimate of drug-likeness (QED) is 0.139. The number of ether oxygens (including phenoxy) is 3. The molecule has 2 N–H and O–H groups in total. The molecule has 8 nitrogen and oxygen atoms in total. The number of fused-ring (bicyclic) bond motifs is 2. The zero-order chi connectivity index (χ0) is 29.2. The Morgan fingerprint density at radius 2 is 1.76 bits per heavy atom. The highest BCUT2D eigenvalue weighted by molar-refractivity contribution is 6.30. The van der Waals surface area contributed by atoms with Crippen LogP contribution in [0.4, 0.5) is 0 Å². The van der Waals surface area contributed by atoms with Crippen LogP contribution < -0.4 is 25.6 Å². The fourth-order valence-electron chi connectivity index (χ4n) is 4.74. The molecule has 1 aliphatic heterocycles. The molecule has 1 aromatic heterocycles. The second kappa shape index (κ2) is 11.2. The predicted octanol–water partition coefficient (Wildman–Crippen LogP) is 6.46. The number of para-hydroxylation sites is 1. The van der Waals surface area contributed by atoms with E-state index in [2.05, 4.69) is 6.07 Å². The average molecular weight is 577 g/mol. The number of halogens is 1. The highest BCUT2D eigenvalue weighted by Gasteiger charge is 2.31. The van der Waals surface area contributed by atoms with Crippen molar-refractivity contribution in [2.75, 3.05) is 0 Å². The van der Waals surface area contributed by atoms with Crippen molar-refractivity contribution in [1.29, 1.82) is 5.26 Å². The summed E-state index contributed by atoms with van der Waals surface area (Å²) in [6, 6.07) is 29.9. The van der Waals surface area contributed by atoms with Crippen LogP contribution in [0.5, 0.6) is 17.2 Å². The maximum absolute atomic E-state index is 12.9. The number of nitriles is 1. The molecule has 9 heteroatoms. The number of hydrogen-bond acceptors (Lipinski definition) is 8. The second-order valence-electron chi connectivity index (χ2n) is 9.49. The topological polar surface area (TPSA) is 125 Å².